The van der Waals surface area contributed by atoms with Crippen LogP contribution in [0.4, 0.5) is 4.79 Å². The average molecular weight is 438 g/mol. The number of benzene rings is 1. The Morgan fingerprint density at radius 2 is 1.97 bits per heavy atom. The first kappa shape index (κ1) is 22.4. The first-order valence-electron chi connectivity index (χ1n) is 10.2. The number of rotatable bonds is 6. The van der Waals surface area contributed by atoms with Gasteiger partial charge in [-0.1, -0.05) is 30.3 Å². The maximum Gasteiger partial charge on any atom is 0.410 e. The van der Waals surface area contributed by atoms with Gasteiger partial charge in [-0.05, 0) is 26.3 Å². The van der Waals surface area contributed by atoms with E-state index in [-0.39, 0.29) is 31.0 Å². The van der Waals surface area contributed by atoms with E-state index in [9.17, 15) is 13.2 Å². The van der Waals surface area contributed by atoms with Crippen LogP contribution in [0.1, 0.15) is 26.3 Å². The summed E-state index contributed by atoms with van der Waals surface area (Å²) in [7, 11) is -3.39. The van der Waals surface area contributed by atoms with Crippen molar-refractivity contribution in [2.75, 3.05) is 38.5 Å². The van der Waals surface area contributed by atoms with Gasteiger partial charge >= 0.3 is 6.09 Å². The summed E-state index contributed by atoms with van der Waals surface area (Å²) in [5, 5.41) is 3.14. The van der Waals surface area contributed by atoms with E-state index >= 15 is 0 Å². The van der Waals surface area contributed by atoms with E-state index in [1.807, 2.05) is 51.1 Å². The van der Waals surface area contributed by atoms with Crippen LogP contribution in [0, 0.1) is 0 Å². The standard InChI is InChI=1S/C20H31N5O4S/c1-20(2,3)29-19(26)24-10-11-25-17(15-24)14-22-18(25)21-9-12-30(27,28)23-13-16-7-5-4-6-8-16/h4-8,17,23H,9-15H2,1-3H3,(H,21,22). The number of ether oxygens (including phenoxy) is 1. The number of carbonyl (C=O) groups is 1. The Morgan fingerprint density at radius 3 is 2.67 bits per heavy atom. The van der Waals surface area contributed by atoms with Crippen LogP contribution in [0.2, 0.25) is 0 Å². The highest BCUT2D eigenvalue weighted by Crippen LogP contribution is 2.18. The maximum absolute atomic E-state index is 12.3. The summed E-state index contributed by atoms with van der Waals surface area (Å²) < 4.78 is 32.5. The second-order valence-electron chi connectivity index (χ2n) is 8.49. The summed E-state index contributed by atoms with van der Waals surface area (Å²) in [6, 6.07) is 9.49. The van der Waals surface area contributed by atoms with Gasteiger partial charge in [0.1, 0.15) is 5.60 Å². The molecule has 0 radical (unpaired) electrons. The largest absolute Gasteiger partial charge is 0.444 e. The summed E-state index contributed by atoms with van der Waals surface area (Å²) in [5.41, 5.74) is 0.396. The molecule has 30 heavy (non-hydrogen) atoms. The van der Waals surface area contributed by atoms with E-state index in [1.165, 1.54) is 0 Å². The molecule has 10 heteroatoms. The second-order valence-corrected chi connectivity index (χ2v) is 10.4. The molecule has 9 nitrogen and oxygen atoms in total. The third-order valence-electron chi connectivity index (χ3n) is 4.85. The van der Waals surface area contributed by atoms with Gasteiger partial charge in [0.15, 0.2) is 5.96 Å². The van der Waals surface area contributed by atoms with Crippen molar-refractivity contribution < 1.29 is 17.9 Å². The molecule has 2 N–H and O–H groups in total. The number of hydrogen-bond donors (Lipinski definition) is 2. The second kappa shape index (κ2) is 9.22. The number of fused-ring (bicyclic) bond motifs is 1. The molecule has 166 valence electrons. The van der Waals surface area contributed by atoms with E-state index in [0.717, 1.165) is 5.56 Å². The first-order valence-corrected chi connectivity index (χ1v) is 11.8. The van der Waals surface area contributed by atoms with Gasteiger partial charge in [0.2, 0.25) is 10.0 Å². The molecule has 0 spiro atoms. The SMILES string of the molecule is CC(C)(C)OC(=O)N1CCN2C(NCCS(=O)(=O)NCc3ccccc3)=NCC2C1. The summed E-state index contributed by atoms with van der Waals surface area (Å²) in [6.45, 7) is 8.39. The molecule has 1 aromatic rings. The van der Waals surface area contributed by atoms with Gasteiger partial charge in [-0.15, -0.1) is 0 Å². The molecule has 1 unspecified atom stereocenters. The number of amides is 1. The predicted molar refractivity (Wildman–Crippen MR) is 116 cm³/mol. The van der Waals surface area contributed by atoms with E-state index in [4.69, 9.17) is 4.74 Å². The van der Waals surface area contributed by atoms with Gasteiger partial charge in [-0.2, -0.15) is 0 Å². The molecule has 2 aliphatic heterocycles. The highest BCUT2D eigenvalue weighted by molar-refractivity contribution is 7.89. The van der Waals surface area contributed by atoms with Crippen LogP contribution in [-0.2, 0) is 21.3 Å². The predicted octanol–water partition coefficient (Wildman–Crippen LogP) is 0.987. The van der Waals surface area contributed by atoms with Crippen molar-refractivity contribution >= 4 is 22.1 Å². The Morgan fingerprint density at radius 1 is 1.23 bits per heavy atom. The highest BCUT2D eigenvalue weighted by Gasteiger charge is 2.36. The fourth-order valence-electron chi connectivity index (χ4n) is 3.38. The number of carbonyl (C=O) groups excluding carboxylic acids is 1. The van der Waals surface area contributed by atoms with E-state index < -0.39 is 15.6 Å². The molecular formula is C20H31N5O4S. The number of guanidine groups is 1. The van der Waals surface area contributed by atoms with Gasteiger partial charge in [0, 0.05) is 32.7 Å². The summed E-state index contributed by atoms with van der Waals surface area (Å²) in [6.07, 6.45) is -0.306. The Hall–Kier alpha value is -2.33. The third kappa shape index (κ3) is 6.33. The van der Waals surface area contributed by atoms with Crippen LogP contribution in [0.3, 0.4) is 0 Å². The van der Waals surface area contributed by atoms with Crippen LogP contribution < -0.4 is 10.0 Å². The zero-order valence-corrected chi connectivity index (χ0v) is 18.6. The Bertz CT molecular complexity index is 867. The number of piperazine rings is 1. The molecule has 1 fully saturated rings. The summed E-state index contributed by atoms with van der Waals surface area (Å²) in [5.74, 6) is 0.656. The smallest absolute Gasteiger partial charge is 0.410 e. The molecule has 1 atom stereocenters. The zero-order valence-electron chi connectivity index (χ0n) is 17.8. The van der Waals surface area contributed by atoms with E-state index in [1.54, 1.807) is 4.90 Å². The average Bonchev–Trinajstić information content (AvgIpc) is 3.08. The number of hydrogen-bond acceptors (Lipinski definition) is 7. The lowest BCUT2D eigenvalue weighted by molar-refractivity contribution is 0.0137. The van der Waals surface area contributed by atoms with Crippen molar-refractivity contribution in [1.29, 1.82) is 0 Å². The number of aliphatic imine (C=N–C) groups is 1. The maximum atomic E-state index is 12.3. The Kier molecular flexibility index (Phi) is 6.87. The Labute approximate surface area is 178 Å². The lowest BCUT2D eigenvalue weighted by Crippen LogP contribution is -2.57. The van der Waals surface area contributed by atoms with Crippen LogP contribution in [-0.4, -0.2) is 80.4 Å². The van der Waals surface area contributed by atoms with E-state index in [2.05, 4.69) is 19.9 Å². The van der Waals surface area contributed by atoms with Crippen molar-refractivity contribution in [3.05, 3.63) is 35.9 Å². The van der Waals surface area contributed by atoms with Crippen molar-refractivity contribution in [1.82, 2.24) is 19.8 Å². The molecule has 0 saturated carbocycles. The summed E-state index contributed by atoms with van der Waals surface area (Å²) in [4.78, 5) is 20.6. The minimum atomic E-state index is -3.39. The van der Waals surface area contributed by atoms with Crippen molar-refractivity contribution in [3.8, 4) is 0 Å². The minimum absolute atomic E-state index is 0.0403. The molecule has 0 aromatic heterocycles. The van der Waals surface area contributed by atoms with Gasteiger partial charge in [-0.25, -0.2) is 17.9 Å². The van der Waals surface area contributed by atoms with Crippen LogP contribution in [0.5, 0.6) is 0 Å². The van der Waals surface area contributed by atoms with E-state index in [0.29, 0.717) is 32.1 Å². The molecular weight excluding hydrogens is 406 g/mol. The van der Waals surface area contributed by atoms with Crippen LogP contribution in [0.15, 0.2) is 35.3 Å². The fourth-order valence-corrected chi connectivity index (χ4v) is 4.28. The summed E-state index contributed by atoms with van der Waals surface area (Å²) >= 11 is 0. The molecule has 0 bridgehead atoms. The number of nitrogens with one attached hydrogen (secondary N) is 2. The molecule has 2 aliphatic rings. The monoisotopic (exact) mass is 437 g/mol. The Balaban J connectivity index is 1.42. The van der Waals surface area contributed by atoms with Gasteiger partial charge in [0.05, 0.1) is 18.3 Å². The lowest BCUT2D eigenvalue weighted by atomic mass is 10.2. The number of sulfonamides is 1. The van der Waals surface area contributed by atoms with Crippen molar-refractivity contribution in [2.45, 2.75) is 39.0 Å². The molecule has 1 amide bonds. The van der Waals surface area contributed by atoms with Crippen LogP contribution >= 0.6 is 0 Å². The quantitative estimate of drug-likeness (QED) is 0.688. The van der Waals surface area contributed by atoms with Crippen LogP contribution in [0.25, 0.3) is 0 Å². The molecule has 0 aliphatic carbocycles. The first-order chi connectivity index (χ1) is 14.1. The molecule has 1 saturated heterocycles. The number of nitrogens with zero attached hydrogens (tertiary/aromatic N) is 3. The third-order valence-corrected chi connectivity index (χ3v) is 6.18. The van der Waals surface area contributed by atoms with Crippen molar-refractivity contribution in [3.63, 3.8) is 0 Å². The normalized spacial score (nSPS) is 19.3. The lowest BCUT2D eigenvalue weighted by Gasteiger charge is -2.39. The zero-order chi connectivity index (χ0) is 21.8. The topological polar surface area (TPSA) is 103 Å². The molecule has 2 heterocycles. The van der Waals surface area contributed by atoms with Crippen molar-refractivity contribution in [2.24, 2.45) is 4.99 Å². The van der Waals surface area contributed by atoms with Gasteiger partial charge in [0.25, 0.3) is 0 Å². The van der Waals surface area contributed by atoms with Gasteiger partial charge < -0.3 is 19.9 Å². The van der Waals surface area contributed by atoms with Gasteiger partial charge in [-0.3, -0.25) is 4.99 Å². The molecule has 1 aromatic carbocycles. The molecule has 3 rings (SSSR count). The minimum Gasteiger partial charge on any atom is -0.444 e. The highest BCUT2D eigenvalue weighted by atomic mass is 32.2. The fraction of sp³-hybridized carbons (Fsp3) is 0.600.